The number of sulfonamides is 1. The minimum atomic E-state index is -3.43. The molecule has 8 heteroatoms. The number of amides is 2. The number of anilines is 2. The van der Waals surface area contributed by atoms with Crippen molar-refractivity contribution in [3.05, 3.63) is 18.2 Å². The highest BCUT2D eigenvalue weighted by atomic mass is 32.2. The molecule has 0 spiro atoms. The number of nitrogens with one attached hydrogen (secondary N) is 2. The van der Waals surface area contributed by atoms with Crippen LogP contribution >= 0.6 is 0 Å². The van der Waals surface area contributed by atoms with Crippen molar-refractivity contribution < 1.29 is 17.9 Å². The highest BCUT2D eigenvalue weighted by Crippen LogP contribution is 2.29. The predicted molar refractivity (Wildman–Crippen MR) is 90.5 cm³/mol. The summed E-state index contributed by atoms with van der Waals surface area (Å²) in [6.07, 6.45) is 3.06. The topological polar surface area (TPSA) is 87.7 Å². The molecule has 1 aromatic carbocycles. The van der Waals surface area contributed by atoms with E-state index in [1.54, 1.807) is 23.1 Å². The van der Waals surface area contributed by atoms with Crippen LogP contribution in [0.4, 0.5) is 16.2 Å². The van der Waals surface area contributed by atoms with Gasteiger partial charge in [-0.2, -0.15) is 0 Å². The van der Waals surface area contributed by atoms with Gasteiger partial charge in [-0.05, 0) is 37.0 Å². The molecule has 128 valence electrons. The molecule has 1 heterocycles. The fourth-order valence-corrected chi connectivity index (χ4v) is 3.04. The third-order valence-electron chi connectivity index (χ3n) is 3.82. The number of benzene rings is 1. The van der Waals surface area contributed by atoms with E-state index in [1.165, 1.54) is 7.11 Å². The van der Waals surface area contributed by atoms with Crippen molar-refractivity contribution in [1.29, 1.82) is 0 Å². The quantitative estimate of drug-likeness (QED) is 0.880. The van der Waals surface area contributed by atoms with Gasteiger partial charge in [0.05, 0.1) is 19.1 Å². The first-order valence-corrected chi connectivity index (χ1v) is 9.39. The van der Waals surface area contributed by atoms with Crippen molar-refractivity contribution >= 4 is 27.4 Å². The summed E-state index contributed by atoms with van der Waals surface area (Å²) in [5.41, 5.74) is 0.806. The Balaban J connectivity index is 2.10. The number of carbonyl (C=O) groups is 1. The van der Waals surface area contributed by atoms with E-state index >= 15 is 0 Å². The summed E-state index contributed by atoms with van der Waals surface area (Å²) >= 11 is 0. The molecule has 23 heavy (non-hydrogen) atoms. The third-order valence-corrected chi connectivity index (χ3v) is 4.41. The van der Waals surface area contributed by atoms with Gasteiger partial charge in [0, 0.05) is 18.8 Å². The number of nitrogens with zero attached hydrogens (tertiary/aromatic N) is 1. The van der Waals surface area contributed by atoms with Crippen LogP contribution in [0.2, 0.25) is 0 Å². The van der Waals surface area contributed by atoms with Gasteiger partial charge in [-0.3, -0.25) is 4.72 Å². The van der Waals surface area contributed by atoms with E-state index in [-0.39, 0.29) is 6.03 Å². The van der Waals surface area contributed by atoms with Crippen LogP contribution in [0.5, 0.6) is 5.75 Å². The van der Waals surface area contributed by atoms with Crippen LogP contribution in [0.1, 0.15) is 19.8 Å². The normalized spacial score (nSPS) is 16.0. The van der Waals surface area contributed by atoms with Crippen molar-refractivity contribution in [2.45, 2.75) is 19.8 Å². The Morgan fingerprint density at radius 1 is 1.30 bits per heavy atom. The lowest BCUT2D eigenvalue weighted by Gasteiger charge is -2.30. The zero-order valence-corrected chi connectivity index (χ0v) is 14.4. The first-order chi connectivity index (χ1) is 10.8. The Kier molecular flexibility index (Phi) is 5.35. The third kappa shape index (κ3) is 5.02. The maximum Gasteiger partial charge on any atom is 0.321 e. The summed E-state index contributed by atoms with van der Waals surface area (Å²) in [5.74, 6) is 1.03. The number of likely N-dealkylation sites (tertiary alicyclic amines) is 1. The Bertz CT molecular complexity index is 667. The van der Waals surface area contributed by atoms with E-state index in [9.17, 15) is 13.2 Å². The van der Waals surface area contributed by atoms with E-state index < -0.39 is 10.0 Å². The van der Waals surface area contributed by atoms with Crippen LogP contribution in [0.3, 0.4) is 0 Å². The van der Waals surface area contributed by atoms with Crippen LogP contribution in [0, 0.1) is 5.92 Å². The smallest absolute Gasteiger partial charge is 0.321 e. The number of piperidine rings is 1. The van der Waals surface area contributed by atoms with Crippen molar-refractivity contribution in [3.63, 3.8) is 0 Å². The molecular weight excluding hydrogens is 318 g/mol. The lowest BCUT2D eigenvalue weighted by atomic mass is 10.00. The first kappa shape index (κ1) is 17.4. The molecular formula is C15H23N3O4S. The predicted octanol–water partition coefficient (Wildman–Crippen LogP) is 2.33. The zero-order valence-electron chi connectivity index (χ0n) is 13.6. The average Bonchev–Trinajstić information content (AvgIpc) is 2.46. The van der Waals surface area contributed by atoms with Crippen molar-refractivity contribution in [1.82, 2.24) is 4.90 Å². The van der Waals surface area contributed by atoms with E-state index in [1.807, 2.05) is 0 Å². The van der Waals surface area contributed by atoms with Gasteiger partial charge in [-0.1, -0.05) is 6.92 Å². The van der Waals surface area contributed by atoms with Gasteiger partial charge in [-0.15, -0.1) is 0 Å². The number of hydrogen-bond donors (Lipinski definition) is 2. The average molecular weight is 341 g/mol. The van der Waals surface area contributed by atoms with E-state index in [0.717, 1.165) is 32.2 Å². The minimum absolute atomic E-state index is 0.174. The first-order valence-electron chi connectivity index (χ1n) is 7.50. The summed E-state index contributed by atoms with van der Waals surface area (Å²) in [5, 5.41) is 2.80. The number of methoxy groups -OCH3 is 1. The number of hydrogen-bond acceptors (Lipinski definition) is 4. The van der Waals surface area contributed by atoms with Gasteiger partial charge < -0.3 is 15.0 Å². The number of carbonyl (C=O) groups excluding carboxylic acids is 1. The molecule has 0 unspecified atom stereocenters. The van der Waals surface area contributed by atoms with Gasteiger partial charge >= 0.3 is 6.03 Å². The fourth-order valence-electron chi connectivity index (χ4n) is 2.48. The van der Waals surface area contributed by atoms with Crippen molar-refractivity contribution in [2.75, 3.05) is 36.5 Å². The maximum absolute atomic E-state index is 12.3. The van der Waals surface area contributed by atoms with Crippen LogP contribution in [0.15, 0.2) is 18.2 Å². The van der Waals surface area contributed by atoms with E-state index in [2.05, 4.69) is 17.0 Å². The molecule has 0 aliphatic carbocycles. The molecule has 2 N–H and O–H groups in total. The van der Waals surface area contributed by atoms with Crippen LogP contribution in [-0.4, -0.2) is 45.8 Å². The Hall–Kier alpha value is -1.96. The van der Waals surface area contributed by atoms with Gasteiger partial charge in [0.15, 0.2) is 0 Å². The molecule has 0 bridgehead atoms. The second-order valence-corrected chi connectivity index (χ2v) is 7.64. The van der Waals surface area contributed by atoms with Crippen molar-refractivity contribution in [2.24, 2.45) is 5.92 Å². The SMILES string of the molecule is COc1ccc(NC(=O)N2CCC(C)CC2)cc1NS(C)(=O)=O. The highest BCUT2D eigenvalue weighted by molar-refractivity contribution is 7.92. The molecule has 2 amide bonds. The fraction of sp³-hybridized carbons (Fsp3) is 0.533. The van der Waals surface area contributed by atoms with Crippen LogP contribution < -0.4 is 14.8 Å². The molecule has 1 fully saturated rings. The minimum Gasteiger partial charge on any atom is -0.495 e. The Morgan fingerprint density at radius 2 is 1.96 bits per heavy atom. The largest absolute Gasteiger partial charge is 0.495 e. The Labute approximate surface area is 137 Å². The summed E-state index contributed by atoms with van der Waals surface area (Å²) in [7, 11) is -1.98. The van der Waals surface area contributed by atoms with Crippen LogP contribution in [0.25, 0.3) is 0 Å². The van der Waals surface area contributed by atoms with Gasteiger partial charge in [0.2, 0.25) is 10.0 Å². The van der Waals surface area contributed by atoms with Gasteiger partial charge in [-0.25, -0.2) is 13.2 Å². The van der Waals surface area contributed by atoms with Crippen LogP contribution in [-0.2, 0) is 10.0 Å². The maximum atomic E-state index is 12.3. The number of urea groups is 1. The molecule has 0 atom stereocenters. The molecule has 1 aliphatic rings. The lowest BCUT2D eigenvalue weighted by molar-refractivity contribution is 0.186. The molecule has 2 rings (SSSR count). The zero-order chi connectivity index (χ0) is 17.0. The molecule has 1 aliphatic heterocycles. The summed E-state index contributed by atoms with van der Waals surface area (Å²) < 4.78 is 30.3. The second kappa shape index (κ2) is 7.08. The standard InChI is InChI=1S/C15H23N3O4S/c1-11-6-8-18(9-7-11)15(19)16-12-4-5-14(22-2)13(10-12)17-23(3,20)21/h4-5,10-11,17H,6-9H2,1-3H3,(H,16,19). The lowest BCUT2D eigenvalue weighted by Crippen LogP contribution is -2.40. The van der Waals surface area contributed by atoms with Gasteiger partial charge in [0.1, 0.15) is 5.75 Å². The molecule has 0 saturated carbocycles. The molecule has 1 aromatic rings. The van der Waals surface area contributed by atoms with E-state index in [4.69, 9.17) is 4.74 Å². The number of rotatable bonds is 4. The van der Waals surface area contributed by atoms with Gasteiger partial charge in [0.25, 0.3) is 0 Å². The Morgan fingerprint density at radius 3 is 2.52 bits per heavy atom. The monoisotopic (exact) mass is 341 g/mol. The summed E-state index contributed by atoms with van der Waals surface area (Å²) in [6.45, 7) is 3.65. The molecule has 0 aromatic heterocycles. The molecule has 1 saturated heterocycles. The summed E-state index contributed by atoms with van der Waals surface area (Å²) in [6, 6.07) is 4.66. The second-order valence-electron chi connectivity index (χ2n) is 5.89. The summed E-state index contributed by atoms with van der Waals surface area (Å²) in [4.78, 5) is 14.0. The molecule has 0 radical (unpaired) electrons. The van der Waals surface area contributed by atoms with Crippen molar-refractivity contribution in [3.8, 4) is 5.75 Å². The molecule has 7 nitrogen and oxygen atoms in total. The number of ether oxygens (including phenoxy) is 1. The van der Waals surface area contributed by atoms with E-state index in [0.29, 0.717) is 23.0 Å². The highest BCUT2D eigenvalue weighted by Gasteiger charge is 2.20.